The number of thiazole rings is 1. The Kier molecular flexibility index (Phi) is 4.06. The smallest absolute Gasteiger partial charge is 0.261 e. The number of carbonyl (C=O) groups excluding carboxylic acids is 2. The number of anilines is 1. The molecule has 0 saturated heterocycles. The molecule has 0 radical (unpaired) electrons. The van der Waals surface area contributed by atoms with Crippen molar-refractivity contribution in [1.82, 2.24) is 10.3 Å². The Hall–Kier alpha value is -1.73. The summed E-state index contributed by atoms with van der Waals surface area (Å²) in [5, 5.41) is 9.37. The summed E-state index contributed by atoms with van der Waals surface area (Å²) in [6, 6.07) is 2.90. The zero-order valence-electron chi connectivity index (χ0n) is 9.54. The van der Waals surface area contributed by atoms with Crippen molar-refractivity contribution in [1.29, 1.82) is 0 Å². The van der Waals surface area contributed by atoms with Crippen molar-refractivity contribution in [3.05, 3.63) is 34.0 Å². The standard InChI is InChI=1S/C11H11N3O2S2/c1-7(9(15)14-11-12-4-6-18-11)13-10(16)8-3-2-5-17-8/h2-7H,1H3,(H,13,16)(H,12,14,15)/t7-/m0/s1. The van der Waals surface area contributed by atoms with Crippen molar-refractivity contribution in [3.8, 4) is 0 Å². The molecule has 0 aromatic carbocycles. The summed E-state index contributed by atoms with van der Waals surface area (Å²) >= 11 is 2.67. The first kappa shape index (κ1) is 12.7. The van der Waals surface area contributed by atoms with Crippen LogP contribution in [0.5, 0.6) is 0 Å². The quantitative estimate of drug-likeness (QED) is 0.900. The Labute approximate surface area is 112 Å². The molecule has 94 valence electrons. The van der Waals surface area contributed by atoms with E-state index in [-0.39, 0.29) is 11.8 Å². The Balaban J connectivity index is 1.89. The number of thiophene rings is 1. The summed E-state index contributed by atoms with van der Waals surface area (Å²) < 4.78 is 0. The molecule has 0 aliphatic carbocycles. The van der Waals surface area contributed by atoms with Gasteiger partial charge in [0.2, 0.25) is 5.91 Å². The van der Waals surface area contributed by atoms with Gasteiger partial charge in [0.15, 0.2) is 5.13 Å². The maximum Gasteiger partial charge on any atom is 0.261 e. The number of nitrogens with one attached hydrogen (secondary N) is 2. The van der Waals surface area contributed by atoms with Crippen LogP contribution in [-0.2, 0) is 4.79 Å². The Morgan fingerprint density at radius 3 is 2.78 bits per heavy atom. The van der Waals surface area contributed by atoms with Gasteiger partial charge >= 0.3 is 0 Å². The van der Waals surface area contributed by atoms with Crippen LogP contribution in [0.25, 0.3) is 0 Å². The van der Waals surface area contributed by atoms with Crippen molar-refractivity contribution < 1.29 is 9.59 Å². The van der Waals surface area contributed by atoms with E-state index in [1.54, 1.807) is 30.6 Å². The average Bonchev–Trinajstić information content (AvgIpc) is 3.01. The highest BCUT2D eigenvalue weighted by atomic mass is 32.1. The molecular formula is C11H11N3O2S2. The lowest BCUT2D eigenvalue weighted by Gasteiger charge is -2.12. The fourth-order valence-electron chi connectivity index (χ4n) is 1.24. The summed E-state index contributed by atoms with van der Waals surface area (Å²) in [5.74, 6) is -0.526. The van der Waals surface area contributed by atoms with Gasteiger partial charge in [0.1, 0.15) is 6.04 Å². The molecule has 0 bridgehead atoms. The van der Waals surface area contributed by atoms with Gasteiger partial charge in [-0.3, -0.25) is 9.59 Å². The van der Waals surface area contributed by atoms with Crippen LogP contribution in [0.15, 0.2) is 29.1 Å². The maximum atomic E-state index is 11.8. The van der Waals surface area contributed by atoms with E-state index in [9.17, 15) is 9.59 Å². The van der Waals surface area contributed by atoms with Gasteiger partial charge in [-0.25, -0.2) is 4.98 Å². The lowest BCUT2D eigenvalue weighted by Crippen LogP contribution is -2.41. The van der Waals surface area contributed by atoms with Crippen LogP contribution in [0.1, 0.15) is 16.6 Å². The fourth-order valence-corrected chi connectivity index (χ4v) is 2.40. The molecule has 0 aliphatic heterocycles. The molecule has 5 nitrogen and oxygen atoms in total. The van der Waals surface area contributed by atoms with E-state index < -0.39 is 6.04 Å². The monoisotopic (exact) mass is 281 g/mol. The molecule has 2 N–H and O–H groups in total. The molecule has 0 aliphatic rings. The third-order valence-electron chi connectivity index (χ3n) is 2.15. The summed E-state index contributed by atoms with van der Waals surface area (Å²) in [7, 11) is 0. The zero-order valence-corrected chi connectivity index (χ0v) is 11.2. The van der Waals surface area contributed by atoms with E-state index in [4.69, 9.17) is 0 Å². The molecule has 2 aromatic heterocycles. The van der Waals surface area contributed by atoms with Crippen LogP contribution < -0.4 is 10.6 Å². The van der Waals surface area contributed by atoms with Gasteiger partial charge < -0.3 is 10.6 Å². The van der Waals surface area contributed by atoms with Gasteiger partial charge in [0, 0.05) is 11.6 Å². The molecule has 0 saturated carbocycles. The number of nitrogens with zero attached hydrogens (tertiary/aromatic N) is 1. The minimum absolute atomic E-state index is 0.244. The van der Waals surface area contributed by atoms with E-state index >= 15 is 0 Å². The summed E-state index contributed by atoms with van der Waals surface area (Å²) in [6.45, 7) is 1.63. The molecule has 2 aromatic rings. The van der Waals surface area contributed by atoms with Crippen molar-refractivity contribution in [2.45, 2.75) is 13.0 Å². The SMILES string of the molecule is C[C@H](NC(=O)c1cccs1)C(=O)Nc1nccs1. The summed E-state index contributed by atoms with van der Waals surface area (Å²) in [6.07, 6.45) is 1.61. The van der Waals surface area contributed by atoms with E-state index in [1.165, 1.54) is 22.7 Å². The van der Waals surface area contributed by atoms with Gasteiger partial charge in [-0.15, -0.1) is 22.7 Å². The first-order chi connectivity index (χ1) is 8.66. The second kappa shape index (κ2) is 5.74. The minimum Gasteiger partial charge on any atom is -0.340 e. The minimum atomic E-state index is -0.608. The molecule has 2 rings (SSSR count). The second-order valence-electron chi connectivity index (χ2n) is 3.50. The maximum absolute atomic E-state index is 11.8. The van der Waals surface area contributed by atoms with Gasteiger partial charge in [0.25, 0.3) is 5.91 Å². The van der Waals surface area contributed by atoms with E-state index in [0.29, 0.717) is 10.0 Å². The van der Waals surface area contributed by atoms with E-state index in [0.717, 1.165) is 0 Å². The fraction of sp³-hybridized carbons (Fsp3) is 0.182. The van der Waals surface area contributed by atoms with Crippen LogP contribution in [0, 0.1) is 0 Å². The van der Waals surface area contributed by atoms with Crippen molar-refractivity contribution >= 4 is 39.6 Å². The lowest BCUT2D eigenvalue weighted by atomic mass is 10.3. The van der Waals surface area contributed by atoms with Gasteiger partial charge in [-0.05, 0) is 18.4 Å². The van der Waals surface area contributed by atoms with Crippen molar-refractivity contribution in [3.63, 3.8) is 0 Å². The number of hydrogen-bond acceptors (Lipinski definition) is 5. The third kappa shape index (κ3) is 3.14. The molecular weight excluding hydrogens is 270 g/mol. The third-order valence-corrected chi connectivity index (χ3v) is 3.71. The first-order valence-electron chi connectivity index (χ1n) is 5.21. The van der Waals surface area contributed by atoms with Crippen LogP contribution in [0.3, 0.4) is 0 Å². The highest BCUT2D eigenvalue weighted by Gasteiger charge is 2.17. The van der Waals surface area contributed by atoms with Gasteiger partial charge in [-0.1, -0.05) is 6.07 Å². The van der Waals surface area contributed by atoms with Crippen molar-refractivity contribution in [2.75, 3.05) is 5.32 Å². The Morgan fingerprint density at radius 1 is 1.33 bits per heavy atom. The van der Waals surface area contributed by atoms with Crippen LogP contribution in [-0.4, -0.2) is 22.8 Å². The van der Waals surface area contributed by atoms with Gasteiger partial charge in [0.05, 0.1) is 4.88 Å². The average molecular weight is 281 g/mol. The number of aromatic nitrogens is 1. The van der Waals surface area contributed by atoms with Crippen LogP contribution in [0.4, 0.5) is 5.13 Å². The predicted octanol–water partition coefficient (Wildman–Crippen LogP) is 1.96. The molecule has 18 heavy (non-hydrogen) atoms. The number of rotatable bonds is 4. The highest BCUT2D eigenvalue weighted by Crippen LogP contribution is 2.11. The van der Waals surface area contributed by atoms with Crippen molar-refractivity contribution in [2.24, 2.45) is 0 Å². The normalized spacial score (nSPS) is 11.8. The molecule has 0 spiro atoms. The molecule has 0 unspecified atom stereocenters. The molecule has 2 heterocycles. The summed E-state index contributed by atoms with van der Waals surface area (Å²) in [5.41, 5.74) is 0. The zero-order chi connectivity index (χ0) is 13.0. The molecule has 7 heteroatoms. The largest absolute Gasteiger partial charge is 0.340 e. The number of amides is 2. The predicted molar refractivity (Wildman–Crippen MR) is 72.0 cm³/mol. The highest BCUT2D eigenvalue weighted by molar-refractivity contribution is 7.13. The van der Waals surface area contributed by atoms with E-state index in [2.05, 4.69) is 15.6 Å². The number of carbonyl (C=O) groups is 2. The van der Waals surface area contributed by atoms with Gasteiger partial charge in [-0.2, -0.15) is 0 Å². The van der Waals surface area contributed by atoms with Crippen LogP contribution in [0.2, 0.25) is 0 Å². The molecule has 0 fully saturated rings. The number of hydrogen-bond donors (Lipinski definition) is 2. The lowest BCUT2D eigenvalue weighted by molar-refractivity contribution is -0.117. The molecule has 1 atom stereocenters. The second-order valence-corrected chi connectivity index (χ2v) is 5.34. The topological polar surface area (TPSA) is 71.1 Å². The van der Waals surface area contributed by atoms with E-state index in [1.807, 2.05) is 5.38 Å². The Morgan fingerprint density at radius 2 is 2.17 bits per heavy atom. The van der Waals surface area contributed by atoms with Crippen LogP contribution >= 0.6 is 22.7 Å². The summed E-state index contributed by atoms with van der Waals surface area (Å²) in [4.78, 5) is 28.0. The Bertz CT molecular complexity index is 522. The molecule has 2 amide bonds. The first-order valence-corrected chi connectivity index (χ1v) is 6.97.